The molecule has 3 unspecified atom stereocenters. The standard InChI is InChI=1S/C12H19F3N2O2/c1-11(7-19-6-9(11)16)10(18)17-4-2-3-8(5-17)12(13,14)15/h8-9H,2-7,16H2,1H3. The molecule has 0 radical (unpaired) electrons. The summed E-state index contributed by atoms with van der Waals surface area (Å²) >= 11 is 0. The molecule has 19 heavy (non-hydrogen) atoms. The van der Waals surface area contributed by atoms with E-state index in [0.29, 0.717) is 13.0 Å². The van der Waals surface area contributed by atoms with Gasteiger partial charge in [0, 0.05) is 19.1 Å². The van der Waals surface area contributed by atoms with Crippen LogP contribution in [0.1, 0.15) is 19.8 Å². The highest BCUT2D eigenvalue weighted by Gasteiger charge is 2.49. The smallest absolute Gasteiger partial charge is 0.379 e. The van der Waals surface area contributed by atoms with Crippen molar-refractivity contribution in [2.24, 2.45) is 17.1 Å². The van der Waals surface area contributed by atoms with Crippen molar-refractivity contribution in [3.63, 3.8) is 0 Å². The number of likely N-dealkylation sites (tertiary alicyclic amines) is 1. The summed E-state index contributed by atoms with van der Waals surface area (Å²) in [6.45, 7) is 2.24. The minimum absolute atomic E-state index is 0.0898. The first-order chi connectivity index (χ1) is 8.75. The maximum atomic E-state index is 12.7. The third-order valence-electron chi connectivity index (χ3n) is 4.18. The Morgan fingerprint density at radius 2 is 2.16 bits per heavy atom. The second-order valence-electron chi connectivity index (χ2n) is 5.67. The molecule has 0 aliphatic carbocycles. The molecule has 2 aliphatic rings. The number of piperidine rings is 1. The minimum atomic E-state index is -4.24. The van der Waals surface area contributed by atoms with Crippen LogP contribution in [0.25, 0.3) is 0 Å². The number of nitrogens with zero attached hydrogens (tertiary/aromatic N) is 1. The topological polar surface area (TPSA) is 55.6 Å². The molecule has 0 aromatic rings. The number of carbonyl (C=O) groups excluding carboxylic acids is 1. The Labute approximate surface area is 110 Å². The number of carbonyl (C=O) groups is 1. The lowest BCUT2D eigenvalue weighted by Gasteiger charge is -2.38. The summed E-state index contributed by atoms with van der Waals surface area (Å²) in [5, 5.41) is 0. The molecular formula is C12H19F3N2O2. The molecule has 2 fully saturated rings. The number of alkyl halides is 3. The predicted molar refractivity (Wildman–Crippen MR) is 62.3 cm³/mol. The van der Waals surface area contributed by atoms with Crippen molar-refractivity contribution >= 4 is 5.91 Å². The van der Waals surface area contributed by atoms with Crippen LogP contribution in [-0.2, 0) is 9.53 Å². The largest absolute Gasteiger partial charge is 0.393 e. The summed E-state index contributed by atoms with van der Waals surface area (Å²) in [4.78, 5) is 13.7. The molecule has 0 spiro atoms. The van der Waals surface area contributed by atoms with Crippen LogP contribution in [0.2, 0.25) is 0 Å². The summed E-state index contributed by atoms with van der Waals surface area (Å²) in [6.07, 6.45) is -3.78. The molecular weight excluding hydrogens is 261 g/mol. The fourth-order valence-electron chi connectivity index (χ4n) is 2.70. The molecule has 2 aliphatic heterocycles. The fraction of sp³-hybridized carbons (Fsp3) is 0.917. The van der Waals surface area contributed by atoms with Crippen LogP contribution in [0.3, 0.4) is 0 Å². The lowest BCUT2D eigenvalue weighted by molar-refractivity contribution is -0.189. The summed E-state index contributed by atoms with van der Waals surface area (Å²) < 4.78 is 43.4. The number of hydrogen-bond acceptors (Lipinski definition) is 3. The molecule has 0 aromatic carbocycles. The fourth-order valence-corrected chi connectivity index (χ4v) is 2.70. The third-order valence-corrected chi connectivity index (χ3v) is 4.18. The summed E-state index contributed by atoms with van der Waals surface area (Å²) in [7, 11) is 0. The number of ether oxygens (including phenoxy) is 1. The first-order valence-corrected chi connectivity index (χ1v) is 6.44. The van der Waals surface area contributed by atoms with E-state index in [1.54, 1.807) is 6.92 Å². The summed E-state index contributed by atoms with van der Waals surface area (Å²) in [5.41, 5.74) is 4.95. The second-order valence-corrected chi connectivity index (χ2v) is 5.67. The Hall–Kier alpha value is -0.820. The highest BCUT2D eigenvalue weighted by atomic mass is 19.4. The molecule has 0 bridgehead atoms. The van der Waals surface area contributed by atoms with E-state index in [4.69, 9.17) is 10.5 Å². The van der Waals surface area contributed by atoms with Gasteiger partial charge in [0.25, 0.3) is 0 Å². The monoisotopic (exact) mass is 280 g/mol. The van der Waals surface area contributed by atoms with Crippen molar-refractivity contribution in [3.05, 3.63) is 0 Å². The number of amides is 1. The second kappa shape index (κ2) is 4.94. The quantitative estimate of drug-likeness (QED) is 0.784. The Morgan fingerprint density at radius 3 is 2.68 bits per heavy atom. The Balaban J connectivity index is 2.07. The first-order valence-electron chi connectivity index (χ1n) is 6.44. The summed E-state index contributed by atoms with van der Waals surface area (Å²) in [5.74, 6) is -1.74. The van der Waals surface area contributed by atoms with Gasteiger partial charge in [-0.25, -0.2) is 0 Å². The molecule has 110 valence electrons. The van der Waals surface area contributed by atoms with Gasteiger partial charge in [0.15, 0.2) is 0 Å². The van der Waals surface area contributed by atoms with E-state index in [9.17, 15) is 18.0 Å². The molecule has 0 saturated carbocycles. The molecule has 2 saturated heterocycles. The van der Waals surface area contributed by atoms with Crippen LogP contribution in [0.15, 0.2) is 0 Å². The SMILES string of the molecule is CC1(C(=O)N2CCCC(C(F)(F)F)C2)COCC1N. The van der Waals surface area contributed by atoms with E-state index in [1.807, 2.05) is 0 Å². The zero-order valence-corrected chi connectivity index (χ0v) is 10.9. The molecule has 2 N–H and O–H groups in total. The van der Waals surface area contributed by atoms with Crippen molar-refractivity contribution in [2.75, 3.05) is 26.3 Å². The van der Waals surface area contributed by atoms with Gasteiger partial charge in [-0.2, -0.15) is 13.2 Å². The highest BCUT2D eigenvalue weighted by molar-refractivity contribution is 5.83. The zero-order chi connectivity index (χ0) is 14.3. The normalized spacial score (nSPS) is 36.6. The molecule has 3 atom stereocenters. The average molecular weight is 280 g/mol. The van der Waals surface area contributed by atoms with Crippen LogP contribution >= 0.6 is 0 Å². The van der Waals surface area contributed by atoms with Gasteiger partial charge in [-0.1, -0.05) is 0 Å². The lowest BCUT2D eigenvalue weighted by atomic mass is 9.83. The van der Waals surface area contributed by atoms with Crippen LogP contribution in [0.5, 0.6) is 0 Å². The van der Waals surface area contributed by atoms with Gasteiger partial charge in [-0.15, -0.1) is 0 Å². The lowest BCUT2D eigenvalue weighted by Crippen LogP contribution is -2.54. The van der Waals surface area contributed by atoms with Gasteiger partial charge < -0.3 is 15.4 Å². The third kappa shape index (κ3) is 2.72. The van der Waals surface area contributed by atoms with Gasteiger partial charge in [-0.05, 0) is 19.8 Å². The van der Waals surface area contributed by atoms with Crippen molar-refractivity contribution in [1.82, 2.24) is 4.90 Å². The van der Waals surface area contributed by atoms with Gasteiger partial charge in [0.05, 0.1) is 24.5 Å². The highest BCUT2D eigenvalue weighted by Crippen LogP contribution is 2.36. The number of rotatable bonds is 1. The van der Waals surface area contributed by atoms with Crippen LogP contribution in [0.4, 0.5) is 13.2 Å². The predicted octanol–water partition coefficient (Wildman–Crippen LogP) is 1.15. The van der Waals surface area contributed by atoms with Gasteiger partial charge >= 0.3 is 6.18 Å². The van der Waals surface area contributed by atoms with Gasteiger partial charge in [0.2, 0.25) is 5.91 Å². The Bertz CT molecular complexity index is 361. The van der Waals surface area contributed by atoms with Crippen LogP contribution in [0, 0.1) is 11.3 Å². The van der Waals surface area contributed by atoms with E-state index in [2.05, 4.69) is 0 Å². The van der Waals surface area contributed by atoms with Crippen molar-refractivity contribution in [3.8, 4) is 0 Å². The van der Waals surface area contributed by atoms with E-state index in [1.165, 1.54) is 4.90 Å². The van der Waals surface area contributed by atoms with E-state index in [-0.39, 0.29) is 32.1 Å². The van der Waals surface area contributed by atoms with Crippen molar-refractivity contribution in [2.45, 2.75) is 32.0 Å². The summed E-state index contributed by atoms with van der Waals surface area (Å²) in [6, 6.07) is -0.453. The van der Waals surface area contributed by atoms with Crippen molar-refractivity contribution < 1.29 is 22.7 Å². The molecule has 4 nitrogen and oxygen atoms in total. The number of halogens is 3. The Kier molecular flexibility index (Phi) is 3.79. The number of hydrogen-bond donors (Lipinski definition) is 1. The average Bonchev–Trinajstić information content (AvgIpc) is 2.69. The van der Waals surface area contributed by atoms with Crippen molar-refractivity contribution in [1.29, 1.82) is 0 Å². The number of nitrogens with two attached hydrogens (primary N) is 1. The van der Waals surface area contributed by atoms with Gasteiger partial charge in [-0.3, -0.25) is 4.79 Å². The molecule has 2 heterocycles. The van der Waals surface area contributed by atoms with E-state index < -0.39 is 23.6 Å². The molecule has 2 rings (SSSR count). The van der Waals surface area contributed by atoms with Crippen LogP contribution in [-0.4, -0.2) is 49.3 Å². The van der Waals surface area contributed by atoms with E-state index >= 15 is 0 Å². The van der Waals surface area contributed by atoms with Gasteiger partial charge in [0.1, 0.15) is 0 Å². The molecule has 1 amide bonds. The maximum Gasteiger partial charge on any atom is 0.393 e. The Morgan fingerprint density at radius 1 is 1.47 bits per heavy atom. The van der Waals surface area contributed by atoms with Crippen LogP contribution < -0.4 is 5.73 Å². The molecule has 7 heteroatoms. The molecule has 0 aromatic heterocycles. The minimum Gasteiger partial charge on any atom is -0.379 e. The maximum absolute atomic E-state index is 12.7. The van der Waals surface area contributed by atoms with E-state index in [0.717, 1.165) is 0 Å². The first kappa shape index (κ1) is 14.6. The zero-order valence-electron chi connectivity index (χ0n) is 10.9.